The Kier molecular flexibility index (Phi) is 11.5. The molecule has 0 bridgehead atoms. The van der Waals surface area contributed by atoms with E-state index in [2.05, 4.69) is 0 Å². The molecule has 0 heterocycles. The van der Waals surface area contributed by atoms with Gasteiger partial charge in [-0.3, -0.25) is 10.8 Å². The quantitative estimate of drug-likeness (QED) is 0.337. The van der Waals surface area contributed by atoms with Crippen molar-refractivity contribution in [2.24, 2.45) is 0 Å². The van der Waals surface area contributed by atoms with Gasteiger partial charge < -0.3 is 18.9 Å². The molecule has 0 unspecified atom stereocenters. The molecular weight excluding hydrogens is 236 g/mol. The van der Waals surface area contributed by atoms with Gasteiger partial charge in [0.25, 0.3) is 0 Å². The summed E-state index contributed by atoms with van der Waals surface area (Å²) in [6, 6.07) is 0. The van der Waals surface area contributed by atoms with Crippen LogP contribution in [0.3, 0.4) is 0 Å². The van der Waals surface area contributed by atoms with Gasteiger partial charge >= 0.3 is 0 Å². The minimum absolute atomic E-state index is 0.249. The fraction of sp³-hybridized carbons (Fsp3) is 0.833. The summed E-state index contributed by atoms with van der Waals surface area (Å²) in [5.41, 5.74) is 0. The zero-order valence-corrected chi connectivity index (χ0v) is 11.3. The lowest BCUT2D eigenvalue weighted by Crippen LogP contribution is -2.07. The molecule has 106 valence electrons. The van der Waals surface area contributed by atoms with E-state index in [9.17, 15) is 0 Å². The predicted octanol–water partition coefficient (Wildman–Crippen LogP) is 1.83. The van der Waals surface area contributed by atoms with Gasteiger partial charge in [-0.2, -0.15) is 0 Å². The van der Waals surface area contributed by atoms with Crippen LogP contribution in [-0.4, -0.2) is 52.4 Å². The largest absolute Gasteiger partial charge is 0.484 e. The Labute approximate surface area is 109 Å². The summed E-state index contributed by atoms with van der Waals surface area (Å²) in [4.78, 5) is 0. The first-order chi connectivity index (χ1) is 8.70. The molecule has 0 fully saturated rings. The van der Waals surface area contributed by atoms with Gasteiger partial charge in [-0.15, -0.1) is 0 Å². The van der Waals surface area contributed by atoms with Gasteiger partial charge in [-0.1, -0.05) is 0 Å². The molecule has 6 heteroatoms. The van der Waals surface area contributed by atoms with Gasteiger partial charge in [0.15, 0.2) is 11.8 Å². The summed E-state index contributed by atoms with van der Waals surface area (Å²) < 4.78 is 20.1. The average Bonchev–Trinajstić information content (AvgIpc) is 2.40. The molecule has 0 aromatic heterocycles. The van der Waals surface area contributed by atoms with Crippen molar-refractivity contribution in [3.63, 3.8) is 0 Å². The van der Waals surface area contributed by atoms with Crippen LogP contribution >= 0.6 is 0 Å². The topological polar surface area (TPSA) is 84.6 Å². The molecule has 0 rings (SSSR count). The van der Waals surface area contributed by atoms with E-state index >= 15 is 0 Å². The standard InChI is InChI=1S/C12H24N2O4/c1-15-11(13)5-9-17-7-3-4-8-18-10-6-12(14)16-2/h13-14H,3-10H2,1-2H3. The van der Waals surface area contributed by atoms with Crippen molar-refractivity contribution >= 4 is 11.8 Å². The zero-order chi connectivity index (χ0) is 13.6. The summed E-state index contributed by atoms with van der Waals surface area (Å²) in [6.07, 6.45) is 2.91. The van der Waals surface area contributed by atoms with Crippen molar-refractivity contribution in [2.75, 3.05) is 40.6 Å². The normalized spacial score (nSPS) is 10.1. The zero-order valence-electron chi connectivity index (χ0n) is 11.3. The van der Waals surface area contributed by atoms with Gasteiger partial charge in [0.05, 0.1) is 27.4 Å². The molecule has 0 aliphatic rings. The van der Waals surface area contributed by atoms with Crippen molar-refractivity contribution in [1.82, 2.24) is 0 Å². The molecule has 18 heavy (non-hydrogen) atoms. The maximum atomic E-state index is 7.23. The van der Waals surface area contributed by atoms with E-state index in [0.29, 0.717) is 39.3 Å². The molecule has 0 aromatic carbocycles. The number of methoxy groups -OCH3 is 2. The van der Waals surface area contributed by atoms with Crippen LogP contribution in [0.1, 0.15) is 25.7 Å². The summed E-state index contributed by atoms with van der Waals surface area (Å²) in [5, 5.41) is 14.5. The van der Waals surface area contributed by atoms with Crippen molar-refractivity contribution in [1.29, 1.82) is 10.8 Å². The molecule has 0 amide bonds. The first kappa shape index (κ1) is 16.9. The van der Waals surface area contributed by atoms with E-state index in [1.807, 2.05) is 0 Å². The molecule has 0 aliphatic carbocycles. The fourth-order valence-electron chi connectivity index (χ4n) is 1.15. The Balaban J connectivity index is 3.07. The van der Waals surface area contributed by atoms with Crippen LogP contribution in [0.15, 0.2) is 0 Å². The third-order valence-corrected chi connectivity index (χ3v) is 2.27. The third-order valence-electron chi connectivity index (χ3n) is 2.27. The van der Waals surface area contributed by atoms with Crippen LogP contribution in [-0.2, 0) is 18.9 Å². The van der Waals surface area contributed by atoms with Crippen LogP contribution < -0.4 is 0 Å². The van der Waals surface area contributed by atoms with Crippen LogP contribution in [0.4, 0.5) is 0 Å². The number of ether oxygens (including phenoxy) is 4. The van der Waals surface area contributed by atoms with Gasteiger partial charge in [0.1, 0.15) is 0 Å². The molecule has 0 aromatic rings. The highest BCUT2D eigenvalue weighted by atomic mass is 16.5. The van der Waals surface area contributed by atoms with Crippen LogP contribution in [0.25, 0.3) is 0 Å². The van der Waals surface area contributed by atoms with E-state index in [1.165, 1.54) is 14.2 Å². The summed E-state index contributed by atoms with van der Waals surface area (Å²) in [6.45, 7) is 2.40. The first-order valence-electron chi connectivity index (χ1n) is 6.09. The van der Waals surface area contributed by atoms with E-state index < -0.39 is 0 Å². The van der Waals surface area contributed by atoms with Crippen LogP contribution in [0, 0.1) is 10.8 Å². The van der Waals surface area contributed by atoms with Crippen molar-refractivity contribution in [3.05, 3.63) is 0 Å². The second-order valence-corrected chi connectivity index (χ2v) is 3.69. The summed E-state index contributed by atoms with van der Waals surface area (Å²) >= 11 is 0. The minimum Gasteiger partial charge on any atom is -0.484 e. The Hall–Kier alpha value is -1.14. The van der Waals surface area contributed by atoms with Gasteiger partial charge in [0, 0.05) is 26.1 Å². The van der Waals surface area contributed by atoms with Gasteiger partial charge in [-0.05, 0) is 12.8 Å². The van der Waals surface area contributed by atoms with Crippen molar-refractivity contribution in [3.8, 4) is 0 Å². The second kappa shape index (κ2) is 12.3. The van der Waals surface area contributed by atoms with Crippen molar-refractivity contribution < 1.29 is 18.9 Å². The number of hydrogen-bond donors (Lipinski definition) is 2. The molecule has 0 aliphatic heterocycles. The number of rotatable bonds is 11. The Morgan fingerprint density at radius 3 is 1.44 bits per heavy atom. The first-order valence-corrected chi connectivity index (χ1v) is 6.09. The average molecular weight is 260 g/mol. The molecule has 0 saturated carbocycles. The SMILES string of the molecule is COC(=N)CCOCCCCOCCC(=N)OC. The minimum atomic E-state index is 0.249. The lowest BCUT2D eigenvalue weighted by molar-refractivity contribution is 0.106. The summed E-state index contributed by atoms with van der Waals surface area (Å²) in [5.74, 6) is 0.498. The molecule has 0 atom stereocenters. The smallest absolute Gasteiger partial charge is 0.182 e. The van der Waals surface area contributed by atoms with Crippen LogP contribution in [0.2, 0.25) is 0 Å². The molecular formula is C12H24N2O4. The van der Waals surface area contributed by atoms with E-state index in [-0.39, 0.29) is 11.8 Å². The Bertz CT molecular complexity index is 210. The Morgan fingerprint density at radius 1 is 0.722 bits per heavy atom. The maximum Gasteiger partial charge on any atom is 0.182 e. The molecule has 0 spiro atoms. The fourth-order valence-corrected chi connectivity index (χ4v) is 1.15. The lowest BCUT2D eigenvalue weighted by atomic mass is 10.3. The highest BCUT2D eigenvalue weighted by molar-refractivity contribution is 5.72. The monoisotopic (exact) mass is 260 g/mol. The van der Waals surface area contributed by atoms with Gasteiger partial charge in [-0.25, -0.2) is 0 Å². The Morgan fingerprint density at radius 2 is 1.11 bits per heavy atom. The highest BCUT2D eigenvalue weighted by Crippen LogP contribution is 1.95. The molecule has 0 saturated heterocycles. The van der Waals surface area contributed by atoms with E-state index in [4.69, 9.17) is 29.8 Å². The third kappa shape index (κ3) is 11.3. The van der Waals surface area contributed by atoms with Crippen molar-refractivity contribution in [2.45, 2.75) is 25.7 Å². The number of hydrogen-bond acceptors (Lipinski definition) is 6. The maximum absolute atomic E-state index is 7.23. The highest BCUT2D eigenvalue weighted by Gasteiger charge is 1.97. The van der Waals surface area contributed by atoms with Crippen LogP contribution in [0.5, 0.6) is 0 Å². The molecule has 0 radical (unpaired) electrons. The summed E-state index contributed by atoms with van der Waals surface area (Å²) in [7, 11) is 2.98. The number of unbranched alkanes of at least 4 members (excludes halogenated alkanes) is 1. The lowest BCUT2D eigenvalue weighted by Gasteiger charge is -2.06. The van der Waals surface area contributed by atoms with E-state index in [0.717, 1.165) is 12.8 Å². The molecule has 2 N–H and O–H groups in total. The predicted molar refractivity (Wildman–Crippen MR) is 69.6 cm³/mol. The molecule has 6 nitrogen and oxygen atoms in total. The number of nitrogens with one attached hydrogen (secondary N) is 2. The second-order valence-electron chi connectivity index (χ2n) is 3.69. The van der Waals surface area contributed by atoms with E-state index in [1.54, 1.807) is 0 Å². The van der Waals surface area contributed by atoms with Gasteiger partial charge in [0.2, 0.25) is 0 Å².